The van der Waals surface area contributed by atoms with Gasteiger partial charge in [-0.3, -0.25) is 10.1 Å². The van der Waals surface area contributed by atoms with Crippen LogP contribution >= 0.6 is 0 Å². The van der Waals surface area contributed by atoms with Gasteiger partial charge >= 0.3 is 0 Å². The number of nitrogens with zero attached hydrogens (tertiary/aromatic N) is 2. The van der Waals surface area contributed by atoms with Gasteiger partial charge in [0, 0.05) is 18.8 Å². The van der Waals surface area contributed by atoms with E-state index >= 15 is 0 Å². The van der Waals surface area contributed by atoms with Crippen molar-refractivity contribution in [3.63, 3.8) is 0 Å². The minimum atomic E-state index is -1.29. The van der Waals surface area contributed by atoms with E-state index in [2.05, 4.69) is 11.2 Å². The molecule has 0 aliphatic heterocycles. The van der Waals surface area contributed by atoms with E-state index in [9.17, 15) is 5.11 Å². The maximum Gasteiger partial charge on any atom is 0.218 e. The van der Waals surface area contributed by atoms with Crippen LogP contribution in [-0.4, -0.2) is 27.4 Å². The molecule has 0 spiro atoms. The van der Waals surface area contributed by atoms with Gasteiger partial charge in [-0.15, -0.1) is 0 Å². The standard InChI is InChI=1S/C17H21N3O2/c1-3-22-16(18)17(21)8-4-5-13-9-12(6-7-15(13)17)14-10-19-20(2)11-14/h6-7,9-11,18,21H,3-5,8H2,1-2H3. The first-order chi connectivity index (χ1) is 10.5. The van der Waals surface area contributed by atoms with Crippen LogP contribution < -0.4 is 0 Å². The number of aryl methyl sites for hydroxylation is 2. The molecule has 0 bridgehead atoms. The molecule has 1 aromatic carbocycles. The van der Waals surface area contributed by atoms with E-state index in [4.69, 9.17) is 10.1 Å². The Bertz CT molecular complexity index is 708. The highest BCUT2D eigenvalue weighted by atomic mass is 16.5. The van der Waals surface area contributed by atoms with Crippen molar-refractivity contribution in [3.05, 3.63) is 41.7 Å². The van der Waals surface area contributed by atoms with Crippen molar-refractivity contribution in [3.8, 4) is 11.1 Å². The quantitative estimate of drug-likeness (QED) is 0.676. The molecule has 1 aromatic heterocycles. The lowest BCUT2D eigenvalue weighted by Crippen LogP contribution is -2.40. The van der Waals surface area contributed by atoms with Gasteiger partial charge in [-0.05, 0) is 42.9 Å². The third-order valence-electron chi connectivity index (χ3n) is 4.24. The summed E-state index contributed by atoms with van der Waals surface area (Å²) in [7, 11) is 1.89. The Morgan fingerprint density at radius 3 is 2.95 bits per heavy atom. The molecule has 0 radical (unpaired) electrons. The molecule has 1 unspecified atom stereocenters. The predicted octanol–water partition coefficient (Wildman–Crippen LogP) is 2.62. The third kappa shape index (κ3) is 2.41. The lowest BCUT2D eigenvalue weighted by atomic mass is 9.78. The molecular weight excluding hydrogens is 278 g/mol. The average molecular weight is 299 g/mol. The Labute approximate surface area is 130 Å². The largest absolute Gasteiger partial charge is 0.479 e. The number of nitrogens with one attached hydrogen (secondary N) is 1. The molecule has 116 valence electrons. The van der Waals surface area contributed by atoms with Crippen LogP contribution in [0.5, 0.6) is 0 Å². The summed E-state index contributed by atoms with van der Waals surface area (Å²) < 4.78 is 7.05. The fourth-order valence-electron chi connectivity index (χ4n) is 3.12. The fourth-order valence-corrected chi connectivity index (χ4v) is 3.12. The molecule has 5 nitrogen and oxygen atoms in total. The molecule has 1 aliphatic rings. The van der Waals surface area contributed by atoms with Crippen LogP contribution in [0.15, 0.2) is 30.6 Å². The molecule has 0 saturated heterocycles. The Morgan fingerprint density at radius 1 is 1.45 bits per heavy atom. The minimum absolute atomic E-state index is 0.0509. The summed E-state index contributed by atoms with van der Waals surface area (Å²) in [6.45, 7) is 2.22. The van der Waals surface area contributed by atoms with Crippen molar-refractivity contribution in [2.24, 2.45) is 7.05 Å². The predicted molar refractivity (Wildman–Crippen MR) is 84.8 cm³/mol. The van der Waals surface area contributed by atoms with Gasteiger partial charge in [0.05, 0.1) is 12.8 Å². The number of hydrogen-bond donors (Lipinski definition) is 2. The molecule has 5 heteroatoms. The van der Waals surface area contributed by atoms with E-state index in [0.717, 1.165) is 35.1 Å². The number of benzene rings is 1. The maximum atomic E-state index is 10.9. The maximum absolute atomic E-state index is 10.9. The second-order valence-electron chi connectivity index (χ2n) is 5.75. The van der Waals surface area contributed by atoms with Crippen LogP contribution in [0.3, 0.4) is 0 Å². The molecule has 0 amide bonds. The highest BCUT2D eigenvalue weighted by Gasteiger charge is 2.40. The normalized spacial score (nSPS) is 20.5. The second-order valence-corrected chi connectivity index (χ2v) is 5.75. The SMILES string of the molecule is CCOC(=N)C1(O)CCCc2cc(-c3cnn(C)c3)ccc21. The van der Waals surface area contributed by atoms with Crippen molar-refractivity contribution in [2.45, 2.75) is 31.8 Å². The van der Waals surface area contributed by atoms with Crippen LogP contribution in [0, 0.1) is 5.41 Å². The van der Waals surface area contributed by atoms with Gasteiger partial charge in [-0.2, -0.15) is 5.10 Å². The molecule has 1 atom stereocenters. The zero-order valence-corrected chi connectivity index (χ0v) is 13.0. The summed E-state index contributed by atoms with van der Waals surface area (Å²) in [6, 6.07) is 5.99. The van der Waals surface area contributed by atoms with E-state index in [1.165, 1.54) is 0 Å². The number of ether oxygens (including phenoxy) is 1. The fraction of sp³-hybridized carbons (Fsp3) is 0.412. The summed E-state index contributed by atoms with van der Waals surface area (Å²) in [4.78, 5) is 0. The van der Waals surface area contributed by atoms with Crippen molar-refractivity contribution in [1.82, 2.24) is 9.78 Å². The summed E-state index contributed by atoms with van der Waals surface area (Å²) in [5.74, 6) is -0.0509. The first-order valence-electron chi connectivity index (χ1n) is 7.61. The van der Waals surface area contributed by atoms with Gasteiger partial charge in [-0.25, -0.2) is 0 Å². The van der Waals surface area contributed by atoms with E-state index < -0.39 is 5.60 Å². The highest BCUT2D eigenvalue weighted by Crippen LogP contribution is 2.38. The van der Waals surface area contributed by atoms with Crippen LogP contribution in [0.2, 0.25) is 0 Å². The van der Waals surface area contributed by atoms with E-state index in [-0.39, 0.29) is 5.90 Å². The number of aromatic nitrogens is 2. The molecule has 0 saturated carbocycles. The summed E-state index contributed by atoms with van der Waals surface area (Å²) in [6.07, 6.45) is 6.09. The van der Waals surface area contributed by atoms with Crippen molar-refractivity contribution in [1.29, 1.82) is 5.41 Å². The molecule has 0 fully saturated rings. The Kier molecular flexibility index (Phi) is 3.74. The third-order valence-corrected chi connectivity index (χ3v) is 4.24. The average Bonchev–Trinajstić information content (AvgIpc) is 2.94. The molecule has 1 heterocycles. The Balaban J connectivity index is 2.01. The smallest absolute Gasteiger partial charge is 0.218 e. The highest BCUT2D eigenvalue weighted by molar-refractivity contribution is 5.85. The molecular formula is C17H21N3O2. The second kappa shape index (κ2) is 5.57. The number of rotatable bonds is 3. The summed E-state index contributed by atoms with van der Waals surface area (Å²) in [5, 5.41) is 23.2. The number of fused-ring (bicyclic) bond motifs is 1. The van der Waals surface area contributed by atoms with Crippen molar-refractivity contribution >= 4 is 5.90 Å². The molecule has 1 aliphatic carbocycles. The minimum Gasteiger partial charge on any atom is -0.479 e. The first-order valence-corrected chi connectivity index (χ1v) is 7.61. The van der Waals surface area contributed by atoms with Gasteiger partial charge in [0.25, 0.3) is 0 Å². The van der Waals surface area contributed by atoms with Crippen molar-refractivity contribution in [2.75, 3.05) is 6.61 Å². The van der Waals surface area contributed by atoms with E-state index in [1.54, 1.807) is 4.68 Å². The number of hydrogen-bond acceptors (Lipinski definition) is 4. The Hall–Kier alpha value is -2.14. The topological polar surface area (TPSA) is 71.1 Å². The lowest BCUT2D eigenvalue weighted by Gasteiger charge is -2.34. The van der Waals surface area contributed by atoms with E-state index in [0.29, 0.717) is 13.0 Å². The zero-order valence-electron chi connectivity index (χ0n) is 13.0. The first kappa shape index (κ1) is 14.8. The monoisotopic (exact) mass is 299 g/mol. The van der Waals surface area contributed by atoms with Crippen LogP contribution in [0.1, 0.15) is 30.9 Å². The van der Waals surface area contributed by atoms with Crippen LogP contribution in [0.25, 0.3) is 11.1 Å². The molecule has 22 heavy (non-hydrogen) atoms. The van der Waals surface area contributed by atoms with Gasteiger partial charge < -0.3 is 9.84 Å². The number of aliphatic hydroxyl groups is 1. The van der Waals surface area contributed by atoms with Crippen molar-refractivity contribution < 1.29 is 9.84 Å². The van der Waals surface area contributed by atoms with E-state index in [1.807, 2.05) is 38.5 Å². The summed E-state index contributed by atoms with van der Waals surface area (Å²) >= 11 is 0. The molecule has 3 rings (SSSR count). The summed E-state index contributed by atoms with van der Waals surface area (Å²) in [5.41, 5.74) is 2.72. The van der Waals surface area contributed by atoms with Crippen LogP contribution in [0.4, 0.5) is 0 Å². The van der Waals surface area contributed by atoms with Gasteiger partial charge in [-0.1, -0.05) is 18.2 Å². The Morgan fingerprint density at radius 2 is 2.27 bits per heavy atom. The molecule has 2 N–H and O–H groups in total. The molecule has 2 aromatic rings. The van der Waals surface area contributed by atoms with Gasteiger partial charge in [0.1, 0.15) is 0 Å². The van der Waals surface area contributed by atoms with Gasteiger partial charge in [0.2, 0.25) is 5.90 Å². The lowest BCUT2D eigenvalue weighted by molar-refractivity contribution is 0.0594. The van der Waals surface area contributed by atoms with Crippen LogP contribution in [-0.2, 0) is 23.8 Å². The van der Waals surface area contributed by atoms with Gasteiger partial charge in [0.15, 0.2) is 5.60 Å². The zero-order chi connectivity index (χ0) is 15.7.